The third-order valence-electron chi connectivity index (χ3n) is 6.25. The molecular weight excluding hydrogens is 328 g/mol. The van der Waals surface area contributed by atoms with Crippen LogP contribution in [-0.2, 0) is 16.6 Å². The second-order valence-corrected chi connectivity index (χ2v) is 7.66. The van der Waals surface area contributed by atoms with E-state index in [4.69, 9.17) is 0 Å². The molecule has 1 aliphatic carbocycles. The zero-order valence-electron chi connectivity index (χ0n) is 15.1. The molecular formula is C21H22N2O3. The summed E-state index contributed by atoms with van der Waals surface area (Å²) in [5.41, 5.74) is 4.59. The van der Waals surface area contributed by atoms with Crippen molar-refractivity contribution >= 4 is 11.6 Å². The van der Waals surface area contributed by atoms with Crippen molar-refractivity contribution in [3.8, 4) is 11.1 Å². The molecule has 1 amide bonds. The SMILES string of the molecule is CN1C(=O)CC[C@]2(C)c3ccc(-c4cccc([N+](=O)[O-])c4)cc3CC[C@@H]12. The summed E-state index contributed by atoms with van der Waals surface area (Å²) in [6.07, 6.45) is 3.36. The van der Waals surface area contributed by atoms with Crippen LogP contribution in [-0.4, -0.2) is 28.8 Å². The van der Waals surface area contributed by atoms with Crippen LogP contribution in [0.2, 0.25) is 0 Å². The number of hydrogen-bond donors (Lipinski definition) is 0. The van der Waals surface area contributed by atoms with Gasteiger partial charge in [-0.05, 0) is 41.5 Å². The van der Waals surface area contributed by atoms with Gasteiger partial charge in [-0.3, -0.25) is 14.9 Å². The van der Waals surface area contributed by atoms with Crippen LogP contribution >= 0.6 is 0 Å². The van der Waals surface area contributed by atoms with E-state index in [1.54, 1.807) is 12.1 Å². The molecule has 0 radical (unpaired) electrons. The number of likely N-dealkylation sites (tertiary alicyclic amines) is 1. The monoisotopic (exact) mass is 350 g/mol. The molecule has 0 bridgehead atoms. The van der Waals surface area contributed by atoms with E-state index in [2.05, 4.69) is 25.1 Å². The Morgan fingerprint density at radius 3 is 2.69 bits per heavy atom. The zero-order chi connectivity index (χ0) is 18.5. The molecule has 4 rings (SSSR count). The second kappa shape index (κ2) is 5.94. The number of hydrogen-bond acceptors (Lipinski definition) is 3. The Balaban J connectivity index is 1.74. The number of piperidine rings is 1. The van der Waals surface area contributed by atoms with E-state index in [0.29, 0.717) is 6.42 Å². The lowest BCUT2D eigenvalue weighted by molar-refractivity contribution is -0.384. The minimum atomic E-state index is -0.359. The lowest BCUT2D eigenvalue weighted by Gasteiger charge is -2.50. The highest BCUT2D eigenvalue weighted by Crippen LogP contribution is 2.46. The van der Waals surface area contributed by atoms with Gasteiger partial charge in [-0.2, -0.15) is 0 Å². The molecule has 26 heavy (non-hydrogen) atoms. The first-order valence-electron chi connectivity index (χ1n) is 9.04. The molecule has 0 spiro atoms. The number of benzene rings is 2. The van der Waals surface area contributed by atoms with Crippen LogP contribution in [0.25, 0.3) is 11.1 Å². The highest BCUT2D eigenvalue weighted by molar-refractivity contribution is 5.78. The summed E-state index contributed by atoms with van der Waals surface area (Å²) < 4.78 is 0. The molecule has 2 aromatic rings. The lowest BCUT2D eigenvalue weighted by Crippen LogP contribution is -2.56. The van der Waals surface area contributed by atoms with Crippen LogP contribution in [0.4, 0.5) is 5.69 Å². The summed E-state index contributed by atoms with van der Waals surface area (Å²) in [7, 11) is 1.92. The van der Waals surface area contributed by atoms with Gasteiger partial charge < -0.3 is 4.90 Å². The fourth-order valence-corrected chi connectivity index (χ4v) is 4.77. The van der Waals surface area contributed by atoms with Crippen molar-refractivity contribution < 1.29 is 9.72 Å². The molecule has 0 aromatic heterocycles. The third-order valence-corrected chi connectivity index (χ3v) is 6.25. The van der Waals surface area contributed by atoms with Crippen molar-refractivity contribution in [3.63, 3.8) is 0 Å². The summed E-state index contributed by atoms with van der Waals surface area (Å²) in [6.45, 7) is 2.27. The second-order valence-electron chi connectivity index (χ2n) is 7.66. The van der Waals surface area contributed by atoms with Crippen molar-refractivity contribution in [2.24, 2.45) is 0 Å². The number of nitrogens with zero attached hydrogens (tertiary/aromatic N) is 2. The largest absolute Gasteiger partial charge is 0.342 e. The molecule has 0 saturated carbocycles. The number of carbonyl (C=O) groups is 1. The number of amides is 1. The zero-order valence-corrected chi connectivity index (χ0v) is 15.1. The molecule has 5 heteroatoms. The highest BCUT2D eigenvalue weighted by Gasteiger charge is 2.46. The smallest absolute Gasteiger partial charge is 0.270 e. The van der Waals surface area contributed by atoms with Crippen LogP contribution in [0.3, 0.4) is 0 Å². The average Bonchev–Trinajstić information content (AvgIpc) is 2.65. The number of nitro groups is 1. The maximum Gasteiger partial charge on any atom is 0.270 e. The summed E-state index contributed by atoms with van der Waals surface area (Å²) in [5.74, 6) is 0.240. The predicted molar refractivity (Wildman–Crippen MR) is 100.0 cm³/mol. The number of non-ortho nitro benzene ring substituents is 1. The van der Waals surface area contributed by atoms with Gasteiger partial charge in [-0.1, -0.05) is 37.3 Å². The van der Waals surface area contributed by atoms with E-state index in [0.717, 1.165) is 30.4 Å². The van der Waals surface area contributed by atoms with E-state index in [9.17, 15) is 14.9 Å². The van der Waals surface area contributed by atoms with E-state index in [-0.39, 0.29) is 28.0 Å². The standard InChI is InChI=1S/C21H22N2O3/c1-21-11-10-20(24)22(2)19(21)9-7-16-12-15(6-8-18(16)21)14-4-3-5-17(13-14)23(25)26/h3-6,8,12-13,19H,7,9-11H2,1-2H3/t19-,21-/m1/s1. The number of rotatable bonds is 2. The normalized spacial score (nSPS) is 24.8. The Labute approximate surface area is 152 Å². The number of fused-ring (bicyclic) bond motifs is 3. The number of likely N-dealkylation sites (N-methyl/N-ethyl adjacent to an activating group) is 1. The van der Waals surface area contributed by atoms with E-state index in [1.165, 1.54) is 17.2 Å². The molecule has 5 nitrogen and oxygen atoms in total. The molecule has 2 atom stereocenters. The molecule has 0 N–H and O–H groups in total. The maximum absolute atomic E-state index is 12.1. The highest BCUT2D eigenvalue weighted by atomic mass is 16.6. The van der Waals surface area contributed by atoms with Crippen molar-refractivity contribution in [2.75, 3.05) is 7.05 Å². The Hall–Kier alpha value is -2.69. The Kier molecular flexibility index (Phi) is 3.83. The van der Waals surface area contributed by atoms with Crippen LogP contribution in [0.5, 0.6) is 0 Å². The fourth-order valence-electron chi connectivity index (χ4n) is 4.77. The molecule has 134 valence electrons. The summed E-state index contributed by atoms with van der Waals surface area (Å²) >= 11 is 0. The van der Waals surface area contributed by atoms with E-state index >= 15 is 0 Å². The first kappa shape index (κ1) is 16.8. The molecule has 2 aromatic carbocycles. The topological polar surface area (TPSA) is 63.5 Å². The lowest BCUT2D eigenvalue weighted by atomic mass is 9.63. The number of nitro benzene ring substituents is 1. The van der Waals surface area contributed by atoms with Gasteiger partial charge in [0.2, 0.25) is 5.91 Å². The van der Waals surface area contributed by atoms with Gasteiger partial charge in [0, 0.05) is 37.1 Å². The Morgan fingerprint density at radius 1 is 1.15 bits per heavy atom. The average molecular weight is 350 g/mol. The molecule has 1 fully saturated rings. The van der Waals surface area contributed by atoms with Gasteiger partial charge in [0.05, 0.1) is 4.92 Å². The molecule has 1 heterocycles. The Bertz CT molecular complexity index is 908. The fraction of sp³-hybridized carbons (Fsp3) is 0.381. The maximum atomic E-state index is 12.1. The quantitative estimate of drug-likeness (QED) is 0.605. The summed E-state index contributed by atoms with van der Waals surface area (Å²) in [5, 5.41) is 11.0. The molecule has 1 saturated heterocycles. The summed E-state index contributed by atoms with van der Waals surface area (Å²) in [6, 6.07) is 13.4. The van der Waals surface area contributed by atoms with Gasteiger partial charge in [-0.15, -0.1) is 0 Å². The molecule has 1 aliphatic heterocycles. The summed E-state index contributed by atoms with van der Waals surface area (Å²) in [4.78, 5) is 24.7. The minimum absolute atomic E-state index is 0.0164. The predicted octanol–water partition coefficient (Wildman–Crippen LogP) is 4.09. The number of aryl methyl sites for hydroxylation is 1. The molecule has 0 unspecified atom stereocenters. The minimum Gasteiger partial charge on any atom is -0.342 e. The first-order chi connectivity index (χ1) is 12.4. The number of carbonyl (C=O) groups excluding carboxylic acids is 1. The van der Waals surface area contributed by atoms with Crippen molar-refractivity contribution in [2.45, 2.75) is 44.1 Å². The van der Waals surface area contributed by atoms with Gasteiger partial charge in [0.1, 0.15) is 0 Å². The van der Waals surface area contributed by atoms with Crippen LogP contribution in [0, 0.1) is 10.1 Å². The van der Waals surface area contributed by atoms with Crippen molar-refractivity contribution in [3.05, 3.63) is 63.7 Å². The van der Waals surface area contributed by atoms with Gasteiger partial charge >= 0.3 is 0 Å². The van der Waals surface area contributed by atoms with Crippen LogP contribution in [0.1, 0.15) is 37.3 Å². The van der Waals surface area contributed by atoms with Crippen molar-refractivity contribution in [1.29, 1.82) is 0 Å². The van der Waals surface area contributed by atoms with Gasteiger partial charge in [-0.25, -0.2) is 0 Å². The van der Waals surface area contributed by atoms with Gasteiger partial charge in [0.15, 0.2) is 0 Å². The third kappa shape index (κ3) is 2.50. The van der Waals surface area contributed by atoms with Crippen molar-refractivity contribution in [1.82, 2.24) is 4.90 Å². The van der Waals surface area contributed by atoms with Crippen LogP contribution < -0.4 is 0 Å². The first-order valence-corrected chi connectivity index (χ1v) is 9.04. The van der Waals surface area contributed by atoms with Crippen LogP contribution in [0.15, 0.2) is 42.5 Å². The van der Waals surface area contributed by atoms with Gasteiger partial charge in [0.25, 0.3) is 5.69 Å². The molecule has 2 aliphatic rings. The van der Waals surface area contributed by atoms with E-state index < -0.39 is 0 Å². The van der Waals surface area contributed by atoms with E-state index in [1.807, 2.05) is 18.0 Å². The Morgan fingerprint density at radius 2 is 1.92 bits per heavy atom.